The Balaban J connectivity index is 1.85. The summed E-state index contributed by atoms with van der Waals surface area (Å²) in [5.41, 5.74) is 1.80. The molecular weight excluding hydrogens is 419 g/mol. The van der Waals surface area contributed by atoms with Crippen molar-refractivity contribution >= 4 is 24.2 Å². The largest absolute Gasteiger partial charge is 0.419 e. The van der Waals surface area contributed by atoms with Gasteiger partial charge in [0.2, 0.25) is 0 Å². The first-order valence-corrected chi connectivity index (χ1v) is 9.51. The number of carbonyl (C=O) groups excluding carboxylic acids is 1. The standard InChI is InChI=1S/C20H19ClF3N5O/c1-12-6-14(8-26-18(12)29-11-16(9-27-29)20(22,23)24)13(2)28-10-15(7-21)17(19(28)30)4-5-25-3/h4-6,8-9,11,13H,3,7,10H2,1-2H3/b5-4-. The number of rotatable bonds is 6. The minimum Gasteiger partial charge on any atom is -0.328 e. The topological polar surface area (TPSA) is 63.4 Å². The lowest BCUT2D eigenvalue weighted by atomic mass is 10.1. The molecule has 2 aromatic heterocycles. The van der Waals surface area contributed by atoms with Gasteiger partial charge in [0, 0.05) is 36.6 Å². The third kappa shape index (κ3) is 4.16. The third-order valence-electron chi connectivity index (χ3n) is 4.89. The van der Waals surface area contributed by atoms with Crippen LogP contribution in [0.4, 0.5) is 13.2 Å². The number of amides is 1. The summed E-state index contributed by atoms with van der Waals surface area (Å²) in [5.74, 6) is 0.319. The Morgan fingerprint density at radius 2 is 2.13 bits per heavy atom. The fraction of sp³-hybridized carbons (Fsp3) is 0.300. The molecule has 158 valence electrons. The highest BCUT2D eigenvalue weighted by molar-refractivity contribution is 6.20. The number of aliphatic imine (C=N–C) groups is 1. The summed E-state index contributed by atoms with van der Waals surface area (Å²) in [5, 5.41) is 3.76. The van der Waals surface area contributed by atoms with Crippen molar-refractivity contribution in [3.63, 3.8) is 0 Å². The van der Waals surface area contributed by atoms with Gasteiger partial charge in [-0.15, -0.1) is 11.6 Å². The van der Waals surface area contributed by atoms with E-state index in [9.17, 15) is 18.0 Å². The summed E-state index contributed by atoms with van der Waals surface area (Å²) >= 11 is 5.99. The molecule has 1 unspecified atom stereocenters. The Bertz CT molecular complexity index is 1040. The summed E-state index contributed by atoms with van der Waals surface area (Å²) in [6, 6.07) is 1.47. The maximum absolute atomic E-state index is 12.8. The van der Waals surface area contributed by atoms with Crippen molar-refractivity contribution in [3.05, 3.63) is 64.8 Å². The van der Waals surface area contributed by atoms with Crippen LogP contribution in [0.1, 0.15) is 29.7 Å². The zero-order valence-corrected chi connectivity index (χ0v) is 17.1. The van der Waals surface area contributed by atoms with E-state index in [4.69, 9.17) is 11.6 Å². The number of alkyl halides is 4. The maximum Gasteiger partial charge on any atom is 0.419 e. The number of aryl methyl sites for hydroxylation is 1. The second-order valence-corrected chi connectivity index (χ2v) is 7.11. The Morgan fingerprint density at radius 3 is 2.70 bits per heavy atom. The molecule has 0 saturated carbocycles. The summed E-state index contributed by atoms with van der Waals surface area (Å²) in [6.45, 7) is 7.32. The number of carbonyl (C=O) groups is 1. The lowest BCUT2D eigenvalue weighted by Crippen LogP contribution is -2.30. The van der Waals surface area contributed by atoms with Crippen molar-refractivity contribution in [1.29, 1.82) is 0 Å². The Labute approximate surface area is 176 Å². The smallest absolute Gasteiger partial charge is 0.328 e. The van der Waals surface area contributed by atoms with Gasteiger partial charge in [-0.1, -0.05) is 0 Å². The Kier molecular flexibility index (Phi) is 6.12. The molecule has 1 amide bonds. The van der Waals surface area contributed by atoms with Crippen LogP contribution in [0.2, 0.25) is 0 Å². The van der Waals surface area contributed by atoms with Gasteiger partial charge in [0.15, 0.2) is 5.82 Å². The van der Waals surface area contributed by atoms with Crippen molar-refractivity contribution in [2.24, 2.45) is 4.99 Å². The highest BCUT2D eigenvalue weighted by Gasteiger charge is 2.33. The molecule has 0 bridgehead atoms. The van der Waals surface area contributed by atoms with Crippen LogP contribution in [-0.2, 0) is 11.0 Å². The van der Waals surface area contributed by atoms with E-state index in [1.165, 1.54) is 12.4 Å². The molecule has 0 saturated heterocycles. The SMILES string of the molecule is C=N/C=C\C1=C(CCl)CN(C(C)c2cnc(-n3cc(C(F)(F)F)cn3)c(C)c2)C1=O. The molecule has 30 heavy (non-hydrogen) atoms. The van der Waals surface area contributed by atoms with Crippen LogP contribution in [-0.4, -0.2) is 44.7 Å². The predicted octanol–water partition coefficient (Wildman–Crippen LogP) is 4.25. The molecule has 1 atom stereocenters. The van der Waals surface area contributed by atoms with E-state index in [0.29, 0.717) is 17.7 Å². The van der Waals surface area contributed by atoms with Gasteiger partial charge in [0.05, 0.1) is 17.8 Å². The van der Waals surface area contributed by atoms with Crippen molar-refractivity contribution < 1.29 is 18.0 Å². The van der Waals surface area contributed by atoms with Crippen LogP contribution < -0.4 is 0 Å². The van der Waals surface area contributed by atoms with Gasteiger partial charge in [0.25, 0.3) is 5.91 Å². The lowest BCUT2D eigenvalue weighted by Gasteiger charge is -2.25. The Hall–Kier alpha value is -2.94. The van der Waals surface area contributed by atoms with Crippen molar-refractivity contribution in [2.75, 3.05) is 12.4 Å². The summed E-state index contributed by atoms with van der Waals surface area (Å²) in [4.78, 5) is 22.4. The van der Waals surface area contributed by atoms with Crippen LogP contribution >= 0.6 is 11.6 Å². The Morgan fingerprint density at radius 1 is 1.40 bits per heavy atom. The summed E-state index contributed by atoms with van der Waals surface area (Å²) < 4.78 is 39.6. The molecule has 0 aromatic carbocycles. The first kappa shape index (κ1) is 21.8. The normalized spacial score (nSPS) is 16.1. The number of hydrogen-bond acceptors (Lipinski definition) is 4. The molecule has 0 aliphatic carbocycles. The van der Waals surface area contributed by atoms with E-state index >= 15 is 0 Å². The van der Waals surface area contributed by atoms with Gasteiger partial charge in [0.1, 0.15) is 0 Å². The van der Waals surface area contributed by atoms with Crippen LogP contribution in [0.5, 0.6) is 0 Å². The molecule has 0 spiro atoms. The number of halogens is 4. The first-order valence-electron chi connectivity index (χ1n) is 8.97. The number of pyridine rings is 1. The molecule has 1 aliphatic rings. The van der Waals surface area contributed by atoms with Crippen molar-refractivity contribution in [1.82, 2.24) is 19.7 Å². The van der Waals surface area contributed by atoms with Crippen LogP contribution in [0, 0.1) is 6.92 Å². The van der Waals surface area contributed by atoms with Gasteiger partial charge in [-0.2, -0.15) is 18.3 Å². The monoisotopic (exact) mass is 437 g/mol. The van der Waals surface area contributed by atoms with Crippen LogP contribution in [0.25, 0.3) is 5.82 Å². The lowest BCUT2D eigenvalue weighted by molar-refractivity contribution is -0.137. The van der Waals surface area contributed by atoms with Crippen LogP contribution in [0.15, 0.2) is 53.1 Å². The van der Waals surface area contributed by atoms with Gasteiger partial charge < -0.3 is 4.90 Å². The number of nitrogens with zero attached hydrogens (tertiary/aromatic N) is 5. The number of aromatic nitrogens is 3. The van der Waals surface area contributed by atoms with E-state index < -0.39 is 11.7 Å². The zero-order chi connectivity index (χ0) is 22.1. The highest BCUT2D eigenvalue weighted by Crippen LogP contribution is 2.32. The second kappa shape index (κ2) is 8.43. The van der Waals surface area contributed by atoms with E-state index in [-0.39, 0.29) is 23.6 Å². The van der Waals surface area contributed by atoms with E-state index in [1.54, 1.807) is 24.0 Å². The fourth-order valence-corrected chi connectivity index (χ4v) is 3.46. The van der Waals surface area contributed by atoms with Gasteiger partial charge >= 0.3 is 6.18 Å². The highest BCUT2D eigenvalue weighted by atomic mass is 35.5. The molecule has 2 aromatic rings. The molecule has 1 aliphatic heterocycles. The molecule has 6 nitrogen and oxygen atoms in total. The fourth-order valence-electron chi connectivity index (χ4n) is 3.23. The minimum atomic E-state index is -4.48. The van der Waals surface area contributed by atoms with Gasteiger partial charge in [-0.3, -0.25) is 9.79 Å². The molecular formula is C20H19ClF3N5O. The van der Waals surface area contributed by atoms with Crippen LogP contribution in [0.3, 0.4) is 0 Å². The maximum atomic E-state index is 12.8. The summed E-state index contributed by atoms with van der Waals surface area (Å²) in [6.07, 6.45) is 1.74. The van der Waals surface area contributed by atoms with Gasteiger partial charge in [-0.25, -0.2) is 9.67 Å². The number of hydrogen-bond donors (Lipinski definition) is 0. The van der Waals surface area contributed by atoms with Gasteiger partial charge in [-0.05, 0) is 49.4 Å². The van der Waals surface area contributed by atoms with E-state index in [1.807, 2.05) is 6.92 Å². The third-order valence-corrected chi connectivity index (χ3v) is 5.21. The molecule has 3 rings (SSSR count). The van der Waals surface area contributed by atoms with Crippen molar-refractivity contribution in [2.45, 2.75) is 26.1 Å². The molecule has 10 heteroatoms. The quantitative estimate of drug-likeness (QED) is 0.501. The molecule has 3 heterocycles. The first-order chi connectivity index (χ1) is 14.2. The summed E-state index contributed by atoms with van der Waals surface area (Å²) in [7, 11) is 0. The predicted molar refractivity (Wildman–Crippen MR) is 108 cm³/mol. The zero-order valence-electron chi connectivity index (χ0n) is 16.3. The molecule has 0 radical (unpaired) electrons. The van der Waals surface area contributed by atoms with E-state index in [0.717, 1.165) is 28.2 Å². The molecule has 0 N–H and O–H groups in total. The second-order valence-electron chi connectivity index (χ2n) is 6.84. The molecule has 0 fully saturated rings. The van der Waals surface area contributed by atoms with Crippen molar-refractivity contribution in [3.8, 4) is 5.82 Å². The average molecular weight is 438 g/mol. The minimum absolute atomic E-state index is 0.179. The average Bonchev–Trinajstić information content (AvgIpc) is 3.31. The van der Waals surface area contributed by atoms with E-state index in [2.05, 4.69) is 21.8 Å².